The van der Waals surface area contributed by atoms with Crippen molar-refractivity contribution >= 4 is 11.9 Å². The van der Waals surface area contributed by atoms with Crippen LogP contribution in [0.3, 0.4) is 0 Å². The largest absolute Gasteiger partial charge is 0.462 e. The molecule has 1 saturated heterocycles. The number of carbonyl (C=O) groups excluding carboxylic acids is 2. The van der Waals surface area contributed by atoms with Crippen LogP contribution in [-0.2, 0) is 19.1 Å². The second kappa shape index (κ2) is 4.47. The number of rotatable bonds is 2. The fourth-order valence-electron chi connectivity index (χ4n) is 5.13. The molecule has 0 amide bonds. The topological polar surface area (TPSA) is 52.6 Å². The maximum Gasteiger partial charge on any atom is 0.310 e. The van der Waals surface area contributed by atoms with E-state index in [9.17, 15) is 9.59 Å². The van der Waals surface area contributed by atoms with Gasteiger partial charge in [-0.25, -0.2) is 0 Å². The highest BCUT2D eigenvalue weighted by atomic mass is 16.6. The first-order chi connectivity index (χ1) is 9.66. The first kappa shape index (κ1) is 12.7. The summed E-state index contributed by atoms with van der Waals surface area (Å²) >= 11 is 0. The van der Waals surface area contributed by atoms with Gasteiger partial charge in [0, 0.05) is 5.92 Å². The lowest BCUT2D eigenvalue weighted by Gasteiger charge is -2.30. The van der Waals surface area contributed by atoms with Crippen molar-refractivity contribution in [1.82, 2.24) is 0 Å². The number of ether oxygens (including phenoxy) is 2. The van der Waals surface area contributed by atoms with Crippen LogP contribution in [0.2, 0.25) is 0 Å². The zero-order chi connectivity index (χ0) is 13.9. The molecular formula is C16H22O4. The molecule has 0 N–H and O–H groups in total. The number of hydrogen-bond acceptors (Lipinski definition) is 4. The van der Waals surface area contributed by atoms with Gasteiger partial charge in [0.2, 0.25) is 0 Å². The summed E-state index contributed by atoms with van der Waals surface area (Å²) in [5, 5.41) is 0. The second-order valence-electron chi connectivity index (χ2n) is 7.07. The maximum atomic E-state index is 12.6. The summed E-state index contributed by atoms with van der Waals surface area (Å²) in [6.07, 6.45) is 6.63. The van der Waals surface area contributed by atoms with Gasteiger partial charge in [-0.3, -0.25) is 9.59 Å². The lowest BCUT2D eigenvalue weighted by molar-refractivity contribution is -0.161. The molecule has 20 heavy (non-hydrogen) atoms. The van der Waals surface area contributed by atoms with Gasteiger partial charge in [-0.1, -0.05) is 13.3 Å². The van der Waals surface area contributed by atoms with E-state index in [1.54, 1.807) is 0 Å². The van der Waals surface area contributed by atoms with E-state index in [1.165, 1.54) is 6.42 Å². The Kier molecular flexibility index (Phi) is 2.83. The van der Waals surface area contributed by atoms with Crippen molar-refractivity contribution in [1.29, 1.82) is 0 Å². The maximum absolute atomic E-state index is 12.6. The summed E-state index contributed by atoms with van der Waals surface area (Å²) < 4.78 is 11.2. The van der Waals surface area contributed by atoms with Crippen molar-refractivity contribution in [2.75, 3.05) is 0 Å². The van der Waals surface area contributed by atoms with Crippen molar-refractivity contribution < 1.29 is 19.1 Å². The summed E-state index contributed by atoms with van der Waals surface area (Å²) in [5.41, 5.74) is 0. The van der Waals surface area contributed by atoms with Gasteiger partial charge < -0.3 is 9.47 Å². The Labute approximate surface area is 119 Å². The lowest BCUT2D eigenvalue weighted by atomic mass is 9.75. The van der Waals surface area contributed by atoms with Gasteiger partial charge in [0.1, 0.15) is 12.2 Å². The van der Waals surface area contributed by atoms with E-state index in [0.29, 0.717) is 5.92 Å². The third-order valence-corrected chi connectivity index (χ3v) is 6.10. The smallest absolute Gasteiger partial charge is 0.310 e. The van der Waals surface area contributed by atoms with Gasteiger partial charge in [0.15, 0.2) is 0 Å². The van der Waals surface area contributed by atoms with Gasteiger partial charge in [-0.15, -0.1) is 0 Å². The molecule has 2 bridgehead atoms. The standard InChI is InChI=1S/C16H22O4/c1-8-10-7-11-13(16(18)20-14(8)11)12(10)15(17)19-9-5-3-2-4-6-9/h8-14H,2-7H2,1H3/t8-,10?,11?,12?,13?,14?/m1/s1. The van der Waals surface area contributed by atoms with Crippen molar-refractivity contribution in [3.8, 4) is 0 Å². The average molecular weight is 278 g/mol. The molecule has 3 aliphatic carbocycles. The molecule has 110 valence electrons. The molecule has 6 atom stereocenters. The molecule has 4 fully saturated rings. The summed E-state index contributed by atoms with van der Waals surface area (Å²) in [6.45, 7) is 2.12. The van der Waals surface area contributed by atoms with Gasteiger partial charge in [-0.2, -0.15) is 0 Å². The van der Waals surface area contributed by atoms with Crippen LogP contribution in [-0.4, -0.2) is 24.1 Å². The quantitative estimate of drug-likeness (QED) is 0.727. The SMILES string of the molecule is C[C@@H]1C2CC3C(C(=O)OC31)C2C(=O)OC1CCCCC1. The zero-order valence-corrected chi connectivity index (χ0v) is 11.9. The molecule has 5 unspecified atom stereocenters. The second-order valence-corrected chi connectivity index (χ2v) is 7.07. The molecule has 3 saturated carbocycles. The predicted molar refractivity (Wildman–Crippen MR) is 70.6 cm³/mol. The normalized spacial score (nSPS) is 46.5. The molecule has 4 nitrogen and oxygen atoms in total. The Balaban J connectivity index is 1.50. The van der Waals surface area contributed by atoms with Crippen molar-refractivity contribution in [2.45, 2.75) is 57.7 Å². The molecule has 0 aromatic heterocycles. The first-order valence-corrected chi connectivity index (χ1v) is 8.08. The Morgan fingerprint density at radius 3 is 2.70 bits per heavy atom. The molecule has 0 aromatic rings. The molecule has 4 heteroatoms. The number of carbonyl (C=O) groups is 2. The van der Waals surface area contributed by atoms with Crippen LogP contribution in [0.4, 0.5) is 0 Å². The molecular weight excluding hydrogens is 256 g/mol. The van der Waals surface area contributed by atoms with Gasteiger partial charge >= 0.3 is 11.9 Å². The Hall–Kier alpha value is -1.06. The van der Waals surface area contributed by atoms with Gasteiger partial charge in [0.05, 0.1) is 11.8 Å². The number of esters is 2. The van der Waals surface area contributed by atoms with E-state index >= 15 is 0 Å². The first-order valence-electron chi connectivity index (χ1n) is 8.08. The van der Waals surface area contributed by atoms with Crippen LogP contribution >= 0.6 is 0 Å². The average Bonchev–Trinajstić information content (AvgIpc) is 3.04. The van der Waals surface area contributed by atoms with E-state index < -0.39 is 0 Å². The van der Waals surface area contributed by atoms with Crippen LogP contribution in [0.1, 0.15) is 45.4 Å². The van der Waals surface area contributed by atoms with Crippen molar-refractivity contribution in [3.63, 3.8) is 0 Å². The molecule has 0 radical (unpaired) electrons. The van der Waals surface area contributed by atoms with E-state index in [0.717, 1.165) is 32.1 Å². The lowest BCUT2D eigenvalue weighted by Crippen LogP contribution is -2.39. The van der Waals surface area contributed by atoms with Crippen molar-refractivity contribution in [2.24, 2.45) is 29.6 Å². The van der Waals surface area contributed by atoms with E-state index in [4.69, 9.17) is 9.47 Å². The molecule has 4 rings (SSSR count). The molecule has 1 aliphatic heterocycles. The van der Waals surface area contributed by atoms with Crippen LogP contribution in [0.25, 0.3) is 0 Å². The van der Waals surface area contributed by atoms with Gasteiger partial charge in [-0.05, 0) is 43.9 Å². The Morgan fingerprint density at radius 2 is 1.95 bits per heavy atom. The van der Waals surface area contributed by atoms with Crippen LogP contribution < -0.4 is 0 Å². The minimum absolute atomic E-state index is 0.0660. The van der Waals surface area contributed by atoms with Crippen LogP contribution in [0.15, 0.2) is 0 Å². The van der Waals surface area contributed by atoms with E-state index in [2.05, 4.69) is 6.92 Å². The minimum atomic E-state index is -0.233. The highest BCUT2D eigenvalue weighted by molar-refractivity contribution is 5.86. The monoisotopic (exact) mass is 278 g/mol. The third-order valence-electron chi connectivity index (χ3n) is 6.10. The third kappa shape index (κ3) is 1.66. The zero-order valence-electron chi connectivity index (χ0n) is 11.9. The van der Waals surface area contributed by atoms with E-state index in [1.807, 2.05) is 0 Å². The number of hydrogen-bond donors (Lipinski definition) is 0. The highest BCUT2D eigenvalue weighted by Gasteiger charge is 2.67. The fraction of sp³-hybridized carbons (Fsp3) is 0.875. The van der Waals surface area contributed by atoms with Crippen LogP contribution in [0, 0.1) is 29.6 Å². The summed E-state index contributed by atoms with van der Waals surface area (Å²) in [6, 6.07) is 0. The molecule has 4 aliphatic rings. The molecule has 0 aromatic carbocycles. The van der Waals surface area contributed by atoms with Crippen molar-refractivity contribution in [3.05, 3.63) is 0 Å². The summed E-state index contributed by atoms with van der Waals surface area (Å²) in [7, 11) is 0. The Bertz CT molecular complexity index is 440. The molecule has 1 heterocycles. The Morgan fingerprint density at radius 1 is 1.20 bits per heavy atom. The molecule has 0 spiro atoms. The minimum Gasteiger partial charge on any atom is -0.462 e. The number of fused-ring (bicyclic) bond motifs is 1. The predicted octanol–water partition coefficient (Wildman–Crippen LogP) is 2.31. The van der Waals surface area contributed by atoms with E-state index in [-0.39, 0.29) is 47.8 Å². The van der Waals surface area contributed by atoms with Gasteiger partial charge in [0.25, 0.3) is 0 Å². The van der Waals surface area contributed by atoms with Crippen LogP contribution in [0.5, 0.6) is 0 Å². The summed E-state index contributed by atoms with van der Waals surface area (Å²) in [4.78, 5) is 24.6. The summed E-state index contributed by atoms with van der Waals surface area (Å²) in [5.74, 6) is 0.145. The fourth-order valence-corrected chi connectivity index (χ4v) is 5.13. The highest BCUT2D eigenvalue weighted by Crippen LogP contribution is 2.60.